The van der Waals surface area contributed by atoms with Gasteiger partial charge >= 0.3 is 0 Å². The van der Waals surface area contributed by atoms with Gasteiger partial charge in [0.2, 0.25) is 0 Å². The normalized spacial score (nSPS) is 19.2. The van der Waals surface area contributed by atoms with E-state index in [0.29, 0.717) is 0 Å². The van der Waals surface area contributed by atoms with E-state index in [1.54, 1.807) is 7.11 Å². The predicted octanol–water partition coefficient (Wildman–Crippen LogP) is 2.37. The number of nitrogens with one attached hydrogen (secondary N) is 1. The first-order chi connectivity index (χ1) is 15.7. The molecule has 0 radical (unpaired) electrons. The Labute approximate surface area is 190 Å². The van der Waals surface area contributed by atoms with Crippen LogP contribution in [0.1, 0.15) is 17.6 Å². The molecule has 1 aromatic carbocycles. The fraction of sp³-hybridized carbons (Fsp3) is 0.542. The molecule has 2 aliphatic rings. The van der Waals surface area contributed by atoms with Crippen molar-refractivity contribution in [3.05, 3.63) is 47.9 Å². The van der Waals surface area contributed by atoms with Crippen LogP contribution >= 0.6 is 0 Å². The van der Waals surface area contributed by atoms with Gasteiger partial charge < -0.3 is 29.0 Å². The first kappa shape index (κ1) is 22.5. The van der Waals surface area contributed by atoms with Crippen molar-refractivity contribution in [2.24, 2.45) is 4.99 Å². The SMILES string of the molecule is CN=C(NCC(c1ccc(C)o1)N1CCOCC1)N1CCN(c2cccc(OC)c2)CC1. The molecule has 1 atom stereocenters. The van der Waals surface area contributed by atoms with Crippen LogP contribution in [-0.4, -0.2) is 88.9 Å². The first-order valence-corrected chi connectivity index (χ1v) is 11.4. The number of aryl methyl sites for hydroxylation is 1. The van der Waals surface area contributed by atoms with E-state index in [9.17, 15) is 0 Å². The van der Waals surface area contributed by atoms with Crippen molar-refractivity contribution in [1.29, 1.82) is 0 Å². The Morgan fingerprint density at radius 3 is 2.53 bits per heavy atom. The van der Waals surface area contributed by atoms with Gasteiger partial charge in [-0.25, -0.2) is 0 Å². The van der Waals surface area contributed by atoms with E-state index < -0.39 is 0 Å². The second-order valence-electron chi connectivity index (χ2n) is 8.22. The van der Waals surface area contributed by atoms with Gasteiger partial charge in [-0.15, -0.1) is 0 Å². The van der Waals surface area contributed by atoms with Crippen LogP contribution in [-0.2, 0) is 4.74 Å². The number of benzene rings is 1. The van der Waals surface area contributed by atoms with Crippen LogP contribution in [0.2, 0.25) is 0 Å². The number of anilines is 1. The highest BCUT2D eigenvalue weighted by molar-refractivity contribution is 5.80. The topological polar surface area (TPSA) is 65.7 Å². The van der Waals surface area contributed by atoms with E-state index in [1.165, 1.54) is 5.69 Å². The zero-order valence-corrected chi connectivity index (χ0v) is 19.4. The lowest BCUT2D eigenvalue weighted by Crippen LogP contribution is -2.54. The summed E-state index contributed by atoms with van der Waals surface area (Å²) in [4.78, 5) is 11.7. The maximum Gasteiger partial charge on any atom is 0.193 e. The minimum Gasteiger partial charge on any atom is -0.497 e. The minimum atomic E-state index is 0.155. The molecular weight excluding hydrogens is 406 g/mol. The number of piperazine rings is 1. The Morgan fingerprint density at radius 2 is 1.88 bits per heavy atom. The highest BCUT2D eigenvalue weighted by atomic mass is 16.5. The standard InChI is InChI=1S/C24H35N5O3/c1-19-7-8-23(32-19)22(28-13-15-31-16-14-28)18-26-24(25-2)29-11-9-27(10-12-29)20-5-4-6-21(17-20)30-3/h4-8,17,22H,9-16,18H2,1-3H3,(H,25,26). The molecule has 174 valence electrons. The first-order valence-electron chi connectivity index (χ1n) is 11.4. The molecule has 1 aromatic heterocycles. The number of morpholine rings is 1. The number of hydrogen-bond donors (Lipinski definition) is 1. The number of hydrogen-bond acceptors (Lipinski definition) is 6. The number of aliphatic imine (C=N–C) groups is 1. The van der Waals surface area contributed by atoms with Crippen LogP contribution in [0.4, 0.5) is 5.69 Å². The fourth-order valence-corrected chi connectivity index (χ4v) is 4.44. The molecule has 0 spiro atoms. The molecule has 1 unspecified atom stereocenters. The van der Waals surface area contributed by atoms with Crippen molar-refractivity contribution in [2.45, 2.75) is 13.0 Å². The van der Waals surface area contributed by atoms with Crippen molar-refractivity contribution in [3.8, 4) is 5.75 Å². The van der Waals surface area contributed by atoms with Crippen LogP contribution in [0.3, 0.4) is 0 Å². The Bertz CT molecular complexity index is 885. The maximum absolute atomic E-state index is 6.00. The molecule has 0 bridgehead atoms. The van der Waals surface area contributed by atoms with Crippen LogP contribution < -0.4 is 15.0 Å². The second-order valence-corrected chi connectivity index (χ2v) is 8.22. The number of furan rings is 1. The summed E-state index contributed by atoms with van der Waals surface area (Å²) >= 11 is 0. The zero-order chi connectivity index (χ0) is 22.3. The minimum absolute atomic E-state index is 0.155. The van der Waals surface area contributed by atoms with Gasteiger partial charge in [0.1, 0.15) is 17.3 Å². The third-order valence-electron chi connectivity index (χ3n) is 6.24. The van der Waals surface area contributed by atoms with Crippen molar-refractivity contribution in [2.75, 3.05) is 78.1 Å². The average Bonchev–Trinajstić information content (AvgIpc) is 3.28. The Morgan fingerprint density at radius 1 is 1.09 bits per heavy atom. The van der Waals surface area contributed by atoms with Gasteiger partial charge in [-0.1, -0.05) is 6.07 Å². The van der Waals surface area contributed by atoms with Gasteiger partial charge in [0, 0.05) is 64.6 Å². The van der Waals surface area contributed by atoms with Gasteiger partial charge in [0.05, 0.1) is 26.4 Å². The lowest BCUT2D eigenvalue weighted by atomic mass is 10.1. The lowest BCUT2D eigenvalue weighted by Gasteiger charge is -2.39. The van der Waals surface area contributed by atoms with E-state index in [-0.39, 0.29) is 6.04 Å². The van der Waals surface area contributed by atoms with E-state index in [1.807, 2.05) is 32.2 Å². The molecule has 32 heavy (non-hydrogen) atoms. The molecule has 0 amide bonds. The van der Waals surface area contributed by atoms with E-state index >= 15 is 0 Å². The largest absolute Gasteiger partial charge is 0.497 e. The monoisotopic (exact) mass is 441 g/mol. The molecule has 0 saturated carbocycles. The highest BCUT2D eigenvalue weighted by Crippen LogP contribution is 2.24. The summed E-state index contributed by atoms with van der Waals surface area (Å²) < 4.78 is 16.9. The molecule has 3 heterocycles. The number of guanidine groups is 1. The van der Waals surface area contributed by atoms with Gasteiger partial charge in [-0.2, -0.15) is 0 Å². The smallest absolute Gasteiger partial charge is 0.193 e. The molecule has 2 fully saturated rings. The Kier molecular flexibility index (Phi) is 7.55. The Balaban J connectivity index is 1.36. The lowest BCUT2D eigenvalue weighted by molar-refractivity contribution is 0.0123. The van der Waals surface area contributed by atoms with Crippen molar-refractivity contribution in [1.82, 2.24) is 15.1 Å². The third kappa shape index (κ3) is 5.37. The van der Waals surface area contributed by atoms with Gasteiger partial charge in [0.25, 0.3) is 0 Å². The van der Waals surface area contributed by atoms with Crippen molar-refractivity contribution >= 4 is 11.6 Å². The molecule has 2 aromatic rings. The summed E-state index contributed by atoms with van der Waals surface area (Å²) in [6.07, 6.45) is 0. The third-order valence-corrected chi connectivity index (χ3v) is 6.24. The molecule has 8 nitrogen and oxygen atoms in total. The van der Waals surface area contributed by atoms with Crippen LogP contribution in [0.5, 0.6) is 5.75 Å². The van der Waals surface area contributed by atoms with E-state index in [2.05, 4.69) is 43.2 Å². The molecular formula is C24H35N5O3. The Hall–Kier alpha value is -2.71. The number of nitrogens with zero attached hydrogens (tertiary/aromatic N) is 4. The zero-order valence-electron chi connectivity index (χ0n) is 19.4. The second kappa shape index (κ2) is 10.7. The molecule has 2 aliphatic heterocycles. The summed E-state index contributed by atoms with van der Waals surface area (Å²) in [7, 11) is 3.57. The average molecular weight is 442 g/mol. The maximum atomic E-state index is 6.00. The molecule has 8 heteroatoms. The molecule has 0 aliphatic carbocycles. The van der Waals surface area contributed by atoms with Crippen LogP contribution in [0.25, 0.3) is 0 Å². The van der Waals surface area contributed by atoms with E-state index in [0.717, 1.165) is 82.3 Å². The quantitative estimate of drug-likeness (QED) is 0.545. The van der Waals surface area contributed by atoms with Crippen molar-refractivity contribution < 1.29 is 13.9 Å². The fourth-order valence-electron chi connectivity index (χ4n) is 4.44. The molecule has 4 rings (SSSR count). The summed E-state index contributed by atoms with van der Waals surface area (Å²) in [5.41, 5.74) is 1.20. The molecule has 2 saturated heterocycles. The van der Waals surface area contributed by atoms with Gasteiger partial charge in [-0.05, 0) is 31.2 Å². The van der Waals surface area contributed by atoms with Gasteiger partial charge in [0.15, 0.2) is 5.96 Å². The van der Waals surface area contributed by atoms with Gasteiger partial charge in [-0.3, -0.25) is 9.89 Å². The van der Waals surface area contributed by atoms with Crippen LogP contribution in [0, 0.1) is 6.92 Å². The van der Waals surface area contributed by atoms with E-state index in [4.69, 9.17) is 13.9 Å². The molecule has 1 N–H and O–H groups in total. The summed E-state index contributed by atoms with van der Waals surface area (Å²) in [5, 5.41) is 3.61. The number of methoxy groups -OCH3 is 1. The predicted molar refractivity (Wildman–Crippen MR) is 127 cm³/mol. The summed E-state index contributed by atoms with van der Waals surface area (Å²) in [6.45, 7) is 9.79. The number of ether oxygens (including phenoxy) is 2. The highest BCUT2D eigenvalue weighted by Gasteiger charge is 2.27. The van der Waals surface area contributed by atoms with Crippen molar-refractivity contribution in [3.63, 3.8) is 0 Å². The number of rotatable bonds is 6. The summed E-state index contributed by atoms with van der Waals surface area (Å²) in [5.74, 6) is 3.77. The van der Waals surface area contributed by atoms with Crippen LogP contribution in [0.15, 0.2) is 45.8 Å². The summed E-state index contributed by atoms with van der Waals surface area (Å²) in [6, 6.07) is 12.6.